The SMILES string of the molecule is CCCNSCc1cccc(N)c1. The molecule has 0 aromatic heterocycles. The van der Waals surface area contributed by atoms with Crippen LogP contribution in [-0.2, 0) is 5.75 Å². The Labute approximate surface area is 84.0 Å². The zero-order chi connectivity index (χ0) is 9.52. The molecule has 0 heterocycles. The molecular formula is C10H16N2S. The Hall–Kier alpha value is -0.670. The molecule has 0 unspecified atom stereocenters. The molecule has 0 saturated carbocycles. The van der Waals surface area contributed by atoms with Crippen LogP contribution in [-0.4, -0.2) is 6.54 Å². The van der Waals surface area contributed by atoms with Gasteiger partial charge in [0, 0.05) is 18.0 Å². The Morgan fingerprint density at radius 3 is 3.00 bits per heavy atom. The normalized spacial score (nSPS) is 10.2. The quantitative estimate of drug-likeness (QED) is 0.431. The first-order valence-electron chi connectivity index (χ1n) is 4.52. The molecule has 13 heavy (non-hydrogen) atoms. The van der Waals surface area contributed by atoms with Crippen molar-refractivity contribution < 1.29 is 0 Å². The lowest BCUT2D eigenvalue weighted by atomic mass is 10.2. The summed E-state index contributed by atoms with van der Waals surface area (Å²) in [5, 5.41) is 0. The van der Waals surface area contributed by atoms with Crippen LogP contribution >= 0.6 is 11.9 Å². The second-order valence-corrected chi connectivity index (χ2v) is 3.79. The molecule has 0 spiro atoms. The Kier molecular flexibility index (Phi) is 4.72. The third kappa shape index (κ3) is 4.20. The van der Waals surface area contributed by atoms with E-state index >= 15 is 0 Å². The molecule has 2 nitrogen and oxygen atoms in total. The zero-order valence-electron chi connectivity index (χ0n) is 7.92. The number of benzene rings is 1. The van der Waals surface area contributed by atoms with E-state index in [0.29, 0.717) is 0 Å². The lowest BCUT2D eigenvalue weighted by Gasteiger charge is -2.03. The van der Waals surface area contributed by atoms with Gasteiger partial charge in [-0.05, 0) is 24.1 Å². The minimum absolute atomic E-state index is 0.841. The van der Waals surface area contributed by atoms with Crippen molar-refractivity contribution in [1.29, 1.82) is 0 Å². The van der Waals surface area contributed by atoms with Crippen LogP contribution in [0, 0.1) is 0 Å². The van der Waals surface area contributed by atoms with Crippen molar-refractivity contribution in [3.8, 4) is 0 Å². The Balaban J connectivity index is 2.28. The third-order valence-corrected chi connectivity index (χ3v) is 2.53. The van der Waals surface area contributed by atoms with Crippen LogP contribution in [0.1, 0.15) is 18.9 Å². The van der Waals surface area contributed by atoms with E-state index < -0.39 is 0 Å². The molecule has 0 atom stereocenters. The average Bonchev–Trinajstić information content (AvgIpc) is 2.13. The van der Waals surface area contributed by atoms with Crippen LogP contribution in [0.3, 0.4) is 0 Å². The first kappa shape index (κ1) is 10.4. The Morgan fingerprint density at radius 1 is 1.46 bits per heavy atom. The lowest BCUT2D eigenvalue weighted by molar-refractivity contribution is 0.877. The second-order valence-electron chi connectivity index (χ2n) is 2.93. The number of anilines is 1. The summed E-state index contributed by atoms with van der Waals surface area (Å²) in [5.41, 5.74) is 7.77. The highest BCUT2D eigenvalue weighted by molar-refractivity contribution is 7.96. The second kappa shape index (κ2) is 5.89. The molecule has 0 aliphatic rings. The maximum absolute atomic E-state index is 5.66. The molecule has 1 aromatic carbocycles. The molecule has 3 N–H and O–H groups in total. The summed E-state index contributed by atoms with van der Waals surface area (Å²) in [6.07, 6.45) is 1.17. The topological polar surface area (TPSA) is 38.0 Å². The van der Waals surface area contributed by atoms with Crippen molar-refractivity contribution in [3.63, 3.8) is 0 Å². The van der Waals surface area contributed by atoms with Crippen molar-refractivity contribution >= 4 is 17.6 Å². The van der Waals surface area contributed by atoms with Crippen LogP contribution in [0.5, 0.6) is 0 Å². The zero-order valence-corrected chi connectivity index (χ0v) is 8.73. The predicted molar refractivity (Wildman–Crippen MR) is 60.4 cm³/mol. The van der Waals surface area contributed by atoms with E-state index in [4.69, 9.17) is 5.73 Å². The van der Waals surface area contributed by atoms with Gasteiger partial charge in [-0.25, -0.2) is 0 Å². The Bertz CT molecular complexity index is 250. The van der Waals surface area contributed by atoms with Gasteiger partial charge in [-0.2, -0.15) is 0 Å². The molecule has 3 heteroatoms. The fourth-order valence-electron chi connectivity index (χ4n) is 0.991. The van der Waals surface area contributed by atoms with Gasteiger partial charge >= 0.3 is 0 Å². The summed E-state index contributed by atoms with van der Waals surface area (Å²) >= 11 is 1.73. The van der Waals surface area contributed by atoms with E-state index in [1.807, 2.05) is 18.2 Å². The maximum Gasteiger partial charge on any atom is 0.0331 e. The largest absolute Gasteiger partial charge is 0.399 e. The predicted octanol–water partition coefficient (Wildman–Crippen LogP) is 2.42. The number of rotatable bonds is 5. The molecular weight excluding hydrogens is 180 g/mol. The van der Waals surface area contributed by atoms with Crippen molar-refractivity contribution in [2.75, 3.05) is 12.3 Å². The summed E-state index contributed by atoms with van der Waals surface area (Å²) in [6, 6.07) is 8.01. The van der Waals surface area contributed by atoms with Crippen LogP contribution in [0.4, 0.5) is 5.69 Å². The summed E-state index contributed by atoms with van der Waals surface area (Å²) in [5.74, 6) is 0.977. The molecule has 0 aliphatic carbocycles. The summed E-state index contributed by atoms with van der Waals surface area (Å²) < 4.78 is 3.28. The first-order valence-corrected chi connectivity index (χ1v) is 5.50. The van der Waals surface area contributed by atoms with E-state index in [1.54, 1.807) is 11.9 Å². The fraction of sp³-hybridized carbons (Fsp3) is 0.400. The highest BCUT2D eigenvalue weighted by atomic mass is 32.2. The van der Waals surface area contributed by atoms with Crippen LogP contribution in [0.25, 0.3) is 0 Å². The molecule has 0 amide bonds. The van der Waals surface area contributed by atoms with Gasteiger partial charge in [0.25, 0.3) is 0 Å². The summed E-state index contributed by atoms with van der Waals surface area (Å²) in [7, 11) is 0. The van der Waals surface area contributed by atoms with Gasteiger partial charge in [-0.15, -0.1) is 0 Å². The summed E-state index contributed by atoms with van der Waals surface area (Å²) in [4.78, 5) is 0. The monoisotopic (exact) mass is 196 g/mol. The standard InChI is InChI=1S/C10H16N2S/c1-2-6-12-13-8-9-4-3-5-10(11)7-9/h3-5,7,12H,2,6,8,11H2,1H3. The number of hydrogen-bond acceptors (Lipinski definition) is 3. The van der Waals surface area contributed by atoms with Gasteiger partial charge in [0.1, 0.15) is 0 Å². The number of nitrogens with two attached hydrogens (primary N) is 1. The van der Waals surface area contributed by atoms with Crippen molar-refractivity contribution in [2.24, 2.45) is 0 Å². The van der Waals surface area contributed by atoms with Gasteiger partial charge in [0.05, 0.1) is 0 Å². The number of nitrogens with one attached hydrogen (secondary N) is 1. The van der Waals surface area contributed by atoms with Crippen LogP contribution < -0.4 is 10.5 Å². The van der Waals surface area contributed by atoms with E-state index in [0.717, 1.165) is 18.0 Å². The molecule has 1 aromatic rings. The molecule has 0 fully saturated rings. The minimum Gasteiger partial charge on any atom is -0.399 e. The highest BCUT2D eigenvalue weighted by Crippen LogP contribution is 2.12. The fourth-order valence-corrected chi connectivity index (χ4v) is 1.79. The summed E-state index contributed by atoms with van der Waals surface area (Å²) in [6.45, 7) is 3.22. The Morgan fingerprint density at radius 2 is 2.31 bits per heavy atom. The van der Waals surface area contributed by atoms with Gasteiger partial charge in [0.15, 0.2) is 0 Å². The van der Waals surface area contributed by atoms with Gasteiger partial charge in [0.2, 0.25) is 0 Å². The van der Waals surface area contributed by atoms with Crippen molar-refractivity contribution in [3.05, 3.63) is 29.8 Å². The molecule has 0 saturated heterocycles. The van der Waals surface area contributed by atoms with E-state index in [-0.39, 0.29) is 0 Å². The molecule has 0 radical (unpaired) electrons. The van der Waals surface area contributed by atoms with Gasteiger partial charge < -0.3 is 5.73 Å². The first-order chi connectivity index (χ1) is 6.33. The molecule has 1 rings (SSSR count). The van der Waals surface area contributed by atoms with E-state index in [2.05, 4.69) is 17.7 Å². The van der Waals surface area contributed by atoms with E-state index in [1.165, 1.54) is 12.0 Å². The molecule has 0 bridgehead atoms. The average molecular weight is 196 g/mol. The molecule has 0 aliphatic heterocycles. The number of nitrogen functional groups attached to an aromatic ring is 1. The lowest BCUT2D eigenvalue weighted by Crippen LogP contribution is -2.04. The number of hydrogen-bond donors (Lipinski definition) is 2. The third-order valence-electron chi connectivity index (χ3n) is 1.64. The van der Waals surface area contributed by atoms with Crippen molar-refractivity contribution in [2.45, 2.75) is 19.1 Å². The highest BCUT2D eigenvalue weighted by Gasteiger charge is 1.93. The molecule has 72 valence electrons. The van der Waals surface area contributed by atoms with Crippen LogP contribution in [0.15, 0.2) is 24.3 Å². The van der Waals surface area contributed by atoms with Gasteiger partial charge in [-0.3, -0.25) is 4.72 Å². The van der Waals surface area contributed by atoms with E-state index in [9.17, 15) is 0 Å². The van der Waals surface area contributed by atoms with Crippen molar-refractivity contribution in [1.82, 2.24) is 4.72 Å². The van der Waals surface area contributed by atoms with Gasteiger partial charge in [-0.1, -0.05) is 31.0 Å². The smallest absolute Gasteiger partial charge is 0.0331 e. The minimum atomic E-state index is 0.841. The maximum atomic E-state index is 5.66. The van der Waals surface area contributed by atoms with Crippen LogP contribution in [0.2, 0.25) is 0 Å².